The van der Waals surface area contributed by atoms with Gasteiger partial charge in [-0.25, -0.2) is 8.78 Å². The first-order valence-electron chi connectivity index (χ1n) is 14.5. The molecule has 0 saturated carbocycles. The molecule has 3 rings (SSSR count). The highest BCUT2D eigenvalue weighted by molar-refractivity contribution is 6.32. The summed E-state index contributed by atoms with van der Waals surface area (Å²) in [6, 6.07) is 8.99. The maximum absolute atomic E-state index is 14.8. The number of methoxy groups -OCH3 is 1. The molecule has 43 heavy (non-hydrogen) atoms. The average molecular weight is 623 g/mol. The van der Waals surface area contributed by atoms with E-state index in [9.17, 15) is 28.6 Å². The molecule has 2 N–H and O–H groups in total. The molecular weight excluding hydrogens is 582 g/mol. The summed E-state index contributed by atoms with van der Waals surface area (Å²) in [7, 11) is 1.35. The fourth-order valence-electron chi connectivity index (χ4n) is 5.09. The Kier molecular flexibility index (Phi) is 13.5. The number of hydrogen-bond donors (Lipinski definition) is 2. The molecule has 11 heteroatoms. The zero-order valence-corrected chi connectivity index (χ0v) is 25.6. The van der Waals surface area contributed by atoms with Gasteiger partial charge in [0.2, 0.25) is 5.91 Å². The summed E-state index contributed by atoms with van der Waals surface area (Å²) in [6.45, 7) is 4.32. The molecule has 1 heterocycles. The Morgan fingerprint density at radius 1 is 1.14 bits per heavy atom. The van der Waals surface area contributed by atoms with Gasteiger partial charge in [0.25, 0.3) is 5.91 Å². The lowest BCUT2D eigenvalue weighted by atomic mass is 9.99. The van der Waals surface area contributed by atoms with Gasteiger partial charge in [0.1, 0.15) is 29.9 Å². The second-order valence-corrected chi connectivity index (χ2v) is 11.5. The van der Waals surface area contributed by atoms with Crippen molar-refractivity contribution in [2.45, 2.75) is 57.5 Å². The first kappa shape index (κ1) is 34.6. The Balaban J connectivity index is 2.03. The summed E-state index contributed by atoms with van der Waals surface area (Å²) in [6.07, 6.45) is 0.837. The van der Waals surface area contributed by atoms with E-state index in [4.69, 9.17) is 21.1 Å². The molecule has 1 fully saturated rings. The first-order chi connectivity index (χ1) is 20.5. The summed E-state index contributed by atoms with van der Waals surface area (Å²) in [5.41, 5.74) is 0.308. The molecular formula is C32H41ClF2N2O6. The number of aliphatic hydroxyl groups excluding tert-OH is 2. The molecule has 2 amide bonds. The molecule has 2 aromatic carbocycles. The molecule has 0 aliphatic carbocycles. The minimum atomic E-state index is -1.39. The van der Waals surface area contributed by atoms with Crippen LogP contribution in [0.2, 0.25) is 5.02 Å². The van der Waals surface area contributed by atoms with E-state index in [0.29, 0.717) is 38.0 Å². The van der Waals surface area contributed by atoms with Crippen LogP contribution >= 0.6 is 11.6 Å². The second kappa shape index (κ2) is 16.8. The molecule has 4 atom stereocenters. The Morgan fingerprint density at radius 2 is 1.88 bits per heavy atom. The monoisotopic (exact) mass is 622 g/mol. The number of carbonyl (C=O) groups excluding carboxylic acids is 2. The van der Waals surface area contributed by atoms with Gasteiger partial charge in [0.15, 0.2) is 0 Å². The van der Waals surface area contributed by atoms with E-state index in [1.165, 1.54) is 60.6 Å². The predicted octanol–water partition coefficient (Wildman–Crippen LogP) is 4.56. The van der Waals surface area contributed by atoms with Crippen LogP contribution in [-0.4, -0.2) is 96.1 Å². The van der Waals surface area contributed by atoms with Crippen LogP contribution in [0.25, 0.3) is 6.08 Å². The van der Waals surface area contributed by atoms with Gasteiger partial charge in [-0.3, -0.25) is 9.59 Å². The minimum absolute atomic E-state index is 0.0153. The molecule has 0 unspecified atom stereocenters. The van der Waals surface area contributed by atoms with Crippen molar-refractivity contribution < 1.29 is 38.1 Å². The van der Waals surface area contributed by atoms with Crippen LogP contribution in [0, 0.1) is 17.6 Å². The topological polar surface area (TPSA) is 99.5 Å². The third kappa shape index (κ3) is 10.1. The maximum Gasteiger partial charge on any atom is 0.256 e. The Morgan fingerprint density at radius 3 is 2.56 bits per heavy atom. The third-order valence-electron chi connectivity index (χ3n) is 7.36. The van der Waals surface area contributed by atoms with E-state index in [-0.39, 0.29) is 42.1 Å². The minimum Gasteiger partial charge on any atom is -0.388 e. The zero-order valence-electron chi connectivity index (χ0n) is 24.8. The van der Waals surface area contributed by atoms with Gasteiger partial charge in [0.05, 0.1) is 17.2 Å². The quantitative estimate of drug-likeness (QED) is 0.458. The van der Waals surface area contributed by atoms with Gasteiger partial charge < -0.3 is 29.5 Å². The van der Waals surface area contributed by atoms with Crippen molar-refractivity contribution >= 4 is 29.5 Å². The van der Waals surface area contributed by atoms with Gasteiger partial charge in [-0.1, -0.05) is 43.6 Å². The smallest absolute Gasteiger partial charge is 0.256 e. The molecule has 236 valence electrons. The molecule has 1 aliphatic heterocycles. The Labute approximate surface area is 256 Å². The molecule has 2 aromatic rings. The van der Waals surface area contributed by atoms with Crippen LogP contribution in [-0.2, 0) is 14.3 Å². The van der Waals surface area contributed by atoms with E-state index in [1.54, 1.807) is 11.0 Å². The molecule has 0 aromatic heterocycles. The second-order valence-electron chi connectivity index (χ2n) is 11.1. The summed E-state index contributed by atoms with van der Waals surface area (Å²) < 4.78 is 39.4. The average Bonchev–Trinajstić information content (AvgIpc) is 2.96. The molecule has 0 radical (unpaired) electrons. The van der Waals surface area contributed by atoms with Crippen molar-refractivity contribution in [1.29, 1.82) is 0 Å². The van der Waals surface area contributed by atoms with Gasteiger partial charge in [-0.15, -0.1) is 0 Å². The van der Waals surface area contributed by atoms with Crippen LogP contribution in [0.5, 0.6) is 0 Å². The molecule has 8 nitrogen and oxygen atoms in total. The summed E-state index contributed by atoms with van der Waals surface area (Å²) in [5, 5.41) is 21.6. The van der Waals surface area contributed by atoms with Crippen LogP contribution < -0.4 is 0 Å². The third-order valence-corrected chi connectivity index (χ3v) is 7.69. The fourth-order valence-corrected chi connectivity index (χ4v) is 5.32. The number of nitrogens with zero attached hydrogens (tertiary/aromatic N) is 2. The number of rotatable bonds is 6. The summed E-state index contributed by atoms with van der Waals surface area (Å²) in [4.78, 5) is 30.6. The summed E-state index contributed by atoms with van der Waals surface area (Å²) >= 11 is 6.17. The number of ether oxygens (including phenoxy) is 2. The largest absolute Gasteiger partial charge is 0.388 e. The van der Waals surface area contributed by atoms with Crippen LogP contribution in [0.3, 0.4) is 0 Å². The normalized spacial score (nSPS) is 23.0. The standard InChI is InChI=1S/C32H41ClF2N2O6/c1-21(2)16-24-18-36(32(41)25-8-4-5-9-27(25)35)19-29(42-3)31(40)28(38)20-43-15-7-6-14-37(24)30(39)13-11-22-10-12-23(34)17-26(22)33/h4-5,8-13,17,21,24,28-29,31,38,40H,6-7,14-16,18-20H2,1-3H3/b13-11+/t24-,28-,29-,31-/m1/s1. The van der Waals surface area contributed by atoms with Gasteiger partial charge >= 0.3 is 0 Å². The van der Waals surface area contributed by atoms with Crippen molar-refractivity contribution in [1.82, 2.24) is 9.80 Å². The fraction of sp³-hybridized carbons (Fsp3) is 0.500. The van der Waals surface area contributed by atoms with E-state index in [2.05, 4.69) is 0 Å². The molecule has 0 spiro atoms. The number of amides is 2. The van der Waals surface area contributed by atoms with Crippen LogP contribution in [0.4, 0.5) is 8.78 Å². The van der Waals surface area contributed by atoms with E-state index < -0.39 is 41.9 Å². The predicted molar refractivity (Wildman–Crippen MR) is 161 cm³/mol. The van der Waals surface area contributed by atoms with Crippen molar-refractivity contribution in [2.24, 2.45) is 5.92 Å². The molecule has 0 bridgehead atoms. The lowest BCUT2D eigenvalue weighted by Crippen LogP contribution is -2.53. The van der Waals surface area contributed by atoms with Gasteiger partial charge in [-0.05, 0) is 61.1 Å². The lowest BCUT2D eigenvalue weighted by Gasteiger charge is -2.38. The zero-order chi connectivity index (χ0) is 31.5. The maximum atomic E-state index is 14.8. The number of halogens is 3. The van der Waals surface area contributed by atoms with E-state index in [0.717, 1.165) is 0 Å². The number of benzene rings is 2. The Bertz CT molecular complexity index is 1250. The van der Waals surface area contributed by atoms with E-state index in [1.807, 2.05) is 13.8 Å². The van der Waals surface area contributed by atoms with E-state index >= 15 is 0 Å². The summed E-state index contributed by atoms with van der Waals surface area (Å²) in [5.74, 6) is -2.05. The van der Waals surface area contributed by atoms with Gasteiger partial charge in [-0.2, -0.15) is 0 Å². The van der Waals surface area contributed by atoms with Crippen molar-refractivity contribution in [3.05, 3.63) is 76.3 Å². The van der Waals surface area contributed by atoms with Crippen molar-refractivity contribution in [2.75, 3.05) is 40.0 Å². The Hall–Kier alpha value is -2.89. The molecule has 1 saturated heterocycles. The highest BCUT2D eigenvalue weighted by Crippen LogP contribution is 2.22. The highest BCUT2D eigenvalue weighted by Gasteiger charge is 2.34. The van der Waals surface area contributed by atoms with Crippen molar-refractivity contribution in [3.8, 4) is 0 Å². The number of carbonyl (C=O) groups is 2. The number of hydrogen-bond acceptors (Lipinski definition) is 6. The highest BCUT2D eigenvalue weighted by atomic mass is 35.5. The SMILES string of the molecule is CO[C@@H]1CN(C(=O)c2ccccc2F)C[C@@H](CC(C)C)N(C(=O)/C=C/c2ccc(F)cc2Cl)CCCCOC[C@@H](O)[C@H]1O. The van der Waals surface area contributed by atoms with Crippen LogP contribution in [0.1, 0.15) is 49.0 Å². The number of aliphatic hydroxyl groups is 2. The first-order valence-corrected chi connectivity index (χ1v) is 14.8. The van der Waals surface area contributed by atoms with Gasteiger partial charge in [0, 0.05) is 45.5 Å². The van der Waals surface area contributed by atoms with Crippen LogP contribution in [0.15, 0.2) is 48.5 Å². The molecule has 1 aliphatic rings. The van der Waals surface area contributed by atoms with Crippen molar-refractivity contribution in [3.63, 3.8) is 0 Å². The lowest BCUT2D eigenvalue weighted by molar-refractivity contribution is -0.130.